The summed E-state index contributed by atoms with van der Waals surface area (Å²) in [6, 6.07) is 2.20. The van der Waals surface area contributed by atoms with Crippen molar-refractivity contribution in [2.75, 3.05) is 6.54 Å². The largest absolute Gasteiger partial charge is 0.350 e. The maximum Gasteiger partial charge on any atom is 0.261 e. The Morgan fingerprint density at radius 2 is 2.28 bits per heavy atom. The molecule has 0 aromatic carbocycles. The molecule has 1 aromatic rings. The van der Waals surface area contributed by atoms with E-state index >= 15 is 0 Å². The van der Waals surface area contributed by atoms with E-state index in [0.717, 1.165) is 17.7 Å². The lowest BCUT2D eigenvalue weighted by Gasteiger charge is -2.10. The molecule has 100 valence electrons. The van der Waals surface area contributed by atoms with Crippen molar-refractivity contribution in [2.45, 2.75) is 38.1 Å². The van der Waals surface area contributed by atoms with E-state index in [1.165, 1.54) is 29.7 Å². The molecule has 18 heavy (non-hydrogen) atoms. The molecule has 1 fully saturated rings. The molecule has 2 aliphatic carbocycles. The van der Waals surface area contributed by atoms with Gasteiger partial charge in [-0.15, -0.1) is 23.7 Å². The highest BCUT2D eigenvalue weighted by Crippen LogP contribution is 2.32. The van der Waals surface area contributed by atoms with Crippen LogP contribution in [0.5, 0.6) is 0 Å². The quantitative estimate of drug-likeness (QED) is 0.891. The van der Waals surface area contributed by atoms with Gasteiger partial charge >= 0.3 is 0 Å². The summed E-state index contributed by atoms with van der Waals surface area (Å²) in [4.78, 5) is 14.2. The van der Waals surface area contributed by atoms with Crippen molar-refractivity contribution in [3.05, 3.63) is 21.4 Å². The molecule has 0 bridgehead atoms. The minimum absolute atomic E-state index is 0. The second-order valence-corrected chi connectivity index (χ2v) is 6.26. The lowest BCUT2D eigenvalue weighted by atomic mass is 10.2. The monoisotopic (exact) mass is 286 g/mol. The Kier molecular flexibility index (Phi) is 4.30. The van der Waals surface area contributed by atoms with Crippen LogP contribution in [0, 0.1) is 5.92 Å². The smallest absolute Gasteiger partial charge is 0.261 e. The van der Waals surface area contributed by atoms with E-state index in [1.54, 1.807) is 11.3 Å². The van der Waals surface area contributed by atoms with E-state index in [-0.39, 0.29) is 24.4 Å². The number of carbonyl (C=O) groups excluding carboxylic acids is 1. The van der Waals surface area contributed by atoms with Gasteiger partial charge < -0.3 is 11.1 Å². The normalized spacial score (nSPS) is 18.9. The van der Waals surface area contributed by atoms with E-state index in [0.29, 0.717) is 12.5 Å². The maximum atomic E-state index is 11.9. The minimum atomic E-state index is 0. The summed E-state index contributed by atoms with van der Waals surface area (Å²) < 4.78 is 0. The summed E-state index contributed by atoms with van der Waals surface area (Å²) in [5.74, 6) is 0.698. The van der Waals surface area contributed by atoms with Gasteiger partial charge in [0.25, 0.3) is 5.91 Å². The second-order valence-electron chi connectivity index (χ2n) is 5.12. The zero-order chi connectivity index (χ0) is 11.8. The van der Waals surface area contributed by atoms with Gasteiger partial charge in [-0.3, -0.25) is 4.79 Å². The summed E-state index contributed by atoms with van der Waals surface area (Å²) in [7, 11) is 0. The average Bonchev–Trinajstić information content (AvgIpc) is 2.94. The first-order chi connectivity index (χ1) is 8.24. The molecule has 1 unspecified atom stereocenters. The number of rotatable bonds is 4. The van der Waals surface area contributed by atoms with Crippen LogP contribution in [0.4, 0.5) is 0 Å². The standard InChI is InChI=1S/C13H18N2OS.ClH/c14-10(8-4-5-8)7-15-13(16)12-6-9-2-1-3-11(9)17-12;/h6,8,10H,1-5,7,14H2,(H,15,16);1H. The van der Waals surface area contributed by atoms with Crippen LogP contribution < -0.4 is 11.1 Å². The minimum Gasteiger partial charge on any atom is -0.350 e. The molecule has 3 N–H and O–H groups in total. The Morgan fingerprint density at radius 3 is 2.94 bits per heavy atom. The topological polar surface area (TPSA) is 55.1 Å². The van der Waals surface area contributed by atoms with E-state index < -0.39 is 0 Å². The fourth-order valence-electron chi connectivity index (χ4n) is 2.43. The second kappa shape index (κ2) is 5.59. The number of thiophene rings is 1. The number of carbonyl (C=O) groups is 1. The third kappa shape index (κ3) is 2.87. The molecule has 1 amide bonds. The third-order valence-corrected chi connectivity index (χ3v) is 4.93. The molecule has 2 aliphatic rings. The molecular formula is C13H19ClN2OS. The highest BCUT2D eigenvalue weighted by Gasteiger charge is 2.28. The van der Waals surface area contributed by atoms with Gasteiger partial charge in [-0.1, -0.05) is 0 Å². The van der Waals surface area contributed by atoms with Gasteiger partial charge in [-0.2, -0.15) is 0 Å². The van der Waals surface area contributed by atoms with E-state index in [2.05, 4.69) is 11.4 Å². The number of amides is 1. The molecular weight excluding hydrogens is 268 g/mol. The predicted octanol–water partition coefficient (Wildman–Crippen LogP) is 2.13. The van der Waals surface area contributed by atoms with Crippen molar-refractivity contribution in [1.29, 1.82) is 0 Å². The zero-order valence-electron chi connectivity index (χ0n) is 10.3. The van der Waals surface area contributed by atoms with Gasteiger partial charge in [-0.05, 0) is 49.7 Å². The average molecular weight is 287 g/mol. The third-order valence-electron chi connectivity index (χ3n) is 3.70. The highest BCUT2D eigenvalue weighted by atomic mass is 35.5. The van der Waals surface area contributed by atoms with E-state index in [1.807, 2.05) is 0 Å². The van der Waals surface area contributed by atoms with Gasteiger partial charge in [0, 0.05) is 17.5 Å². The predicted molar refractivity (Wildman–Crippen MR) is 76.6 cm³/mol. The van der Waals surface area contributed by atoms with Gasteiger partial charge in [0.05, 0.1) is 4.88 Å². The first-order valence-corrected chi connectivity index (χ1v) is 7.21. The number of fused-ring (bicyclic) bond motifs is 1. The fourth-order valence-corrected chi connectivity index (χ4v) is 3.60. The van der Waals surface area contributed by atoms with Crippen LogP contribution in [-0.2, 0) is 12.8 Å². The molecule has 3 rings (SSSR count). The number of hydrogen-bond donors (Lipinski definition) is 2. The van der Waals surface area contributed by atoms with Crippen molar-refractivity contribution in [3.63, 3.8) is 0 Å². The van der Waals surface area contributed by atoms with Crippen LogP contribution in [0.1, 0.15) is 39.4 Å². The van der Waals surface area contributed by atoms with Crippen LogP contribution in [-0.4, -0.2) is 18.5 Å². The van der Waals surface area contributed by atoms with Crippen LogP contribution >= 0.6 is 23.7 Å². The first kappa shape index (κ1) is 13.8. The molecule has 0 aliphatic heterocycles. The summed E-state index contributed by atoms with van der Waals surface area (Å²) in [6.45, 7) is 0.617. The number of nitrogens with two attached hydrogens (primary N) is 1. The van der Waals surface area contributed by atoms with Crippen molar-refractivity contribution in [3.8, 4) is 0 Å². The fraction of sp³-hybridized carbons (Fsp3) is 0.615. The molecule has 3 nitrogen and oxygen atoms in total. The number of nitrogens with one attached hydrogen (secondary N) is 1. The Hall–Kier alpha value is -0.580. The molecule has 0 spiro atoms. The van der Waals surface area contributed by atoms with Crippen LogP contribution in [0.15, 0.2) is 6.07 Å². The molecule has 1 atom stereocenters. The lowest BCUT2D eigenvalue weighted by Crippen LogP contribution is -2.38. The summed E-state index contributed by atoms with van der Waals surface area (Å²) in [6.07, 6.45) is 5.99. The van der Waals surface area contributed by atoms with Gasteiger partial charge in [0.15, 0.2) is 0 Å². The van der Waals surface area contributed by atoms with Gasteiger partial charge in [0.1, 0.15) is 0 Å². The number of hydrogen-bond acceptors (Lipinski definition) is 3. The Morgan fingerprint density at radius 1 is 1.50 bits per heavy atom. The van der Waals surface area contributed by atoms with Crippen molar-refractivity contribution >= 4 is 29.7 Å². The van der Waals surface area contributed by atoms with Gasteiger partial charge in [-0.25, -0.2) is 0 Å². The molecule has 1 heterocycles. The van der Waals surface area contributed by atoms with Gasteiger partial charge in [0.2, 0.25) is 0 Å². The van der Waals surface area contributed by atoms with E-state index in [9.17, 15) is 4.79 Å². The SMILES string of the molecule is Cl.NC(CNC(=O)c1cc2c(s1)CCC2)C1CC1. The molecule has 0 radical (unpaired) electrons. The van der Waals surface area contributed by atoms with E-state index in [4.69, 9.17) is 5.73 Å². The number of aryl methyl sites for hydroxylation is 2. The molecule has 1 saturated carbocycles. The first-order valence-electron chi connectivity index (χ1n) is 6.39. The highest BCUT2D eigenvalue weighted by molar-refractivity contribution is 7.14. The number of halogens is 1. The Bertz CT molecular complexity index is 421. The summed E-state index contributed by atoms with van der Waals surface area (Å²) in [5, 5.41) is 2.96. The Balaban J connectivity index is 0.00000120. The van der Waals surface area contributed by atoms with Crippen molar-refractivity contribution < 1.29 is 4.79 Å². The lowest BCUT2D eigenvalue weighted by molar-refractivity contribution is 0.0954. The van der Waals surface area contributed by atoms with Crippen molar-refractivity contribution in [2.24, 2.45) is 11.7 Å². The van der Waals surface area contributed by atoms with Crippen LogP contribution in [0.25, 0.3) is 0 Å². The molecule has 0 saturated heterocycles. The van der Waals surface area contributed by atoms with Crippen molar-refractivity contribution in [1.82, 2.24) is 5.32 Å². The molecule has 1 aromatic heterocycles. The van der Waals surface area contributed by atoms with Crippen LogP contribution in [0.3, 0.4) is 0 Å². The van der Waals surface area contributed by atoms with Crippen LogP contribution in [0.2, 0.25) is 0 Å². The zero-order valence-corrected chi connectivity index (χ0v) is 11.9. The summed E-state index contributed by atoms with van der Waals surface area (Å²) >= 11 is 1.65. The molecule has 5 heteroatoms. The Labute approximate surface area is 118 Å². The maximum absolute atomic E-state index is 11.9. The summed E-state index contributed by atoms with van der Waals surface area (Å²) in [5.41, 5.74) is 7.35.